The standard InChI is InChI=1S/C69H108O12/c1-4-7-10-13-16-19-22-25-27-29-31-33-35-38-40-43-46-49-52-55-61(70)77-58-60(79-62(71)56-53-50-47-44-41-37-24-21-18-15-12-9-6-3)59-78-69-67(65(74)64(73)66(81-69)68(75)76)80-63(72)57-54-51-48-45-42-39-36-34-32-30-28-26-23-20-17-14-11-8-5-2/h7,9-10,12,16-21,25-28,31,33,37-38,40-41,46,49,60,64-67,69,73-74H,4-6,8,11,13-15,22-24,29-30,32,34-36,39,42-45,47-48,50-59H2,1-3H3,(H,75,76)/b10-7-,12-9-,19-16-,20-17-,21-18-,27-25-,28-26-,33-31-,40-38-,41-37-,49-46-. The number of carbonyl (C=O) groups is 4. The summed E-state index contributed by atoms with van der Waals surface area (Å²) in [6.07, 6.45) is 65.7. The van der Waals surface area contributed by atoms with E-state index in [0.717, 1.165) is 116 Å². The van der Waals surface area contributed by atoms with Crippen molar-refractivity contribution in [3.8, 4) is 0 Å². The number of ether oxygens (including phenoxy) is 5. The maximum absolute atomic E-state index is 13.1. The number of hydrogen-bond donors (Lipinski definition) is 3. The van der Waals surface area contributed by atoms with Gasteiger partial charge in [0.25, 0.3) is 0 Å². The Balaban J connectivity index is 2.72. The number of carbonyl (C=O) groups excluding carboxylic acids is 3. The minimum atomic E-state index is -1.93. The first kappa shape index (κ1) is 73.9. The molecule has 1 aliphatic heterocycles. The molecule has 1 rings (SSSR count). The third-order valence-electron chi connectivity index (χ3n) is 13.2. The molecule has 456 valence electrons. The van der Waals surface area contributed by atoms with E-state index in [1.165, 1.54) is 51.4 Å². The van der Waals surface area contributed by atoms with Crippen LogP contribution >= 0.6 is 0 Å². The predicted octanol–water partition coefficient (Wildman–Crippen LogP) is 16.6. The Morgan fingerprint density at radius 3 is 1.25 bits per heavy atom. The van der Waals surface area contributed by atoms with E-state index in [1.807, 2.05) is 12.2 Å². The second-order valence-electron chi connectivity index (χ2n) is 20.6. The van der Waals surface area contributed by atoms with Crippen molar-refractivity contribution >= 4 is 23.9 Å². The van der Waals surface area contributed by atoms with Crippen LogP contribution in [0.4, 0.5) is 0 Å². The zero-order valence-corrected chi connectivity index (χ0v) is 50.2. The molecule has 1 heterocycles. The van der Waals surface area contributed by atoms with E-state index in [0.29, 0.717) is 19.3 Å². The van der Waals surface area contributed by atoms with Crippen LogP contribution in [0.2, 0.25) is 0 Å². The van der Waals surface area contributed by atoms with Gasteiger partial charge in [0.15, 0.2) is 24.6 Å². The minimum Gasteiger partial charge on any atom is -0.479 e. The fourth-order valence-corrected chi connectivity index (χ4v) is 8.50. The summed E-state index contributed by atoms with van der Waals surface area (Å²) < 4.78 is 28.3. The molecule has 0 aliphatic carbocycles. The molecule has 0 bridgehead atoms. The molecule has 0 aromatic rings. The van der Waals surface area contributed by atoms with Crippen LogP contribution in [0.3, 0.4) is 0 Å². The summed E-state index contributed by atoms with van der Waals surface area (Å²) in [7, 11) is 0. The highest BCUT2D eigenvalue weighted by molar-refractivity contribution is 5.74. The minimum absolute atomic E-state index is 0.0378. The van der Waals surface area contributed by atoms with Gasteiger partial charge in [-0.05, 0) is 122 Å². The quantitative estimate of drug-likeness (QED) is 0.0228. The van der Waals surface area contributed by atoms with Gasteiger partial charge in [0.2, 0.25) is 0 Å². The van der Waals surface area contributed by atoms with E-state index in [4.69, 9.17) is 23.7 Å². The molecular weight excluding hydrogens is 1020 g/mol. The van der Waals surface area contributed by atoms with E-state index in [-0.39, 0.29) is 25.9 Å². The molecule has 1 fully saturated rings. The van der Waals surface area contributed by atoms with Gasteiger partial charge < -0.3 is 39.0 Å². The summed E-state index contributed by atoms with van der Waals surface area (Å²) in [5, 5.41) is 31.6. The number of allylic oxidation sites excluding steroid dienone is 22. The summed E-state index contributed by atoms with van der Waals surface area (Å²) in [6.45, 7) is 5.64. The first-order valence-electron chi connectivity index (χ1n) is 31.2. The Morgan fingerprint density at radius 2 is 0.802 bits per heavy atom. The molecule has 0 saturated carbocycles. The summed E-state index contributed by atoms with van der Waals surface area (Å²) in [6, 6.07) is 0. The summed E-state index contributed by atoms with van der Waals surface area (Å²) in [4.78, 5) is 51.2. The fourth-order valence-electron chi connectivity index (χ4n) is 8.50. The molecule has 81 heavy (non-hydrogen) atoms. The Labute approximate surface area is 490 Å². The van der Waals surface area contributed by atoms with Crippen molar-refractivity contribution in [2.45, 2.75) is 263 Å². The van der Waals surface area contributed by atoms with Gasteiger partial charge in [-0.15, -0.1) is 0 Å². The van der Waals surface area contributed by atoms with E-state index in [1.54, 1.807) is 0 Å². The molecule has 6 unspecified atom stereocenters. The normalized spacial score (nSPS) is 18.7. The van der Waals surface area contributed by atoms with Crippen LogP contribution in [-0.4, -0.2) is 89.2 Å². The topological polar surface area (TPSA) is 175 Å². The molecule has 12 heteroatoms. The van der Waals surface area contributed by atoms with Gasteiger partial charge in [0.05, 0.1) is 6.61 Å². The number of carboxylic acid groups (broad SMARTS) is 1. The molecule has 0 aromatic carbocycles. The number of aliphatic hydroxyl groups excluding tert-OH is 2. The lowest BCUT2D eigenvalue weighted by molar-refractivity contribution is -0.301. The Hall–Kier alpha value is -5.14. The van der Waals surface area contributed by atoms with Crippen LogP contribution in [0.15, 0.2) is 134 Å². The molecule has 0 aromatic heterocycles. The van der Waals surface area contributed by atoms with Crippen LogP contribution in [-0.2, 0) is 42.9 Å². The number of unbranched alkanes of at least 4 members (excludes halogenated alkanes) is 15. The smallest absolute Gasteiger partial charge is 0.335 e. The molecule has 3 N–H and O–H groups in total. The second-order valence-corrected chi connectivity index (χ2v) is 20.6. The first-order chi connectivity index (χ1) is 39.6. The Kier molecular flexibility index (Phi) is 50.5. The van der Waals surface area contributed by atoms with E-state index in [9.17, 15) is 34.5 Å². The average Bonchev–Trinajstić information content (AvgIpc) is 3.45. The maximum Gasteiger partial charge on any atom is 0.335 e. The van der Waals surface area contributed by atoms with Gasteiger partial charge in [-0.1, -0.05) is 219 Å². The van der Waals surface area contributed by atoms with E-state index >= 15 is 0 Å². The van der Waals surface area contributed by atoms with E-state index < -0.39 is 67.3 Å². The zero-order valence-electron chi connectivity index (χ0n) is 50.2. The fraction of sp³-hybridized carbons (Fsp3) is 0.623. The van der Waals surface area contributed by atoms with Crippen molar-refractivity contribution < 1.29 is 58.2 Å². The van der Waals surface area contributed by atoms with Gasteiger partial charge in [-0.2, -0.15) is 0 Å². The monoisotopic (exact) mass is 1130 g/mol. The Morgan fingerprint density at radius 1 is 0.420 bits per heavy atom. The van der Waals surface area contributed by atoms with Crippen LogP contribution < -0.4 is 0 Å². The van der Waals surface area contributed by atoms with Crippen LogP contribution in [0, 0.1) is 0 Å². The van der Waals surface area contributed by atoms with Gasteiger partial charge in [0, 0.05) is 19.3 Å². The number of hydrogen-bond acceptors (Lipinski definition) is 11. The number of esters is 3. The predicted molar refractivity (Wildman–Crippen MR) is 330 cm³/mol. The second kappa shape index (κ2) is 55.4. The summed E-state index contributed by atoms with van der Waals surface area (Å²) in [5.41, 5.74) is 0. The number of rotatable bonds is 51. The van der Waals surface area contributed by atoms with Crippen molar-refractivity contribution in [1.29, 1.82) is 0 Å². The first-order valence-corrected chi connectivity index (χ1v) is 31.2. The van der Waals surface area contributed by atoms with Crippen molar-refractivity contribution in [3.05, 3.63) is 134 Å². The number of carboxylic acids is 1. The lowest BCUT2D eigenvalue weighted by Gasteiger charge is -2.40. The molecule has 12 nitrogen and oxygen atoms in total. The highest BCUT2D eigenvalue weighted by Gasteiger charge is 2.50. The van der Waals surface area contributed by atoms with Crippen LogP contribution in [0.5, 0.6) is 0 Å². The van der Waals surface area contributed by atoms with Crippen molar-refractivity contribution in [2.75, 3.05) is 13.2 Å². The lowest BCUT2D eigenvalue weighted by Crippen LogP contribution is -2.61. The molecular formula is C69H108O12. The van der Waals surface area contributed by atoms with E-state index in [2.05, 4.69) is 142 Å². The van der Waals surface area contributed by atoms with Gasteiger partial charge in [0.1, 0.15) is 18.8 Å². The molecule has 1 saturated heterocycles. The largest absolute Gasteiger partial charge is 0.479 e. The summed E-state index contributed by atoms with van der Waals surface area (Å²) in [5.74, 6) is -3.29. The Bertz CT molecular complexity index is 1920. The van der Waals surface area contributed by atoms with Crippen molar-refractivity contribution in [1.82, 2.24) is 0 Å². The van der Waals surface area contributed by atoms with Crippen molar-refractivity contribution in [3.63, 3.8) is 0 Å². The third kappa shape index (κ3) is 45.1. The maximum atomic E-state index is 13.1. The van der Waals surface area contributed by atoms with Crippen molar-refractivity contribution in [2.24, 2.45) is 0 Å². The molecule has 0 amide bonds. The zero-order chi connectivity index (χ0) is 58.9. The highest BCUT2D eigenvalue weighted by Crippen LogP contribution is 2.26. The number of aliphatic hydroxyl groups is 2. The molecule has 1 aliphatic rings. The lowest BCUT2D eigenvalue weighted by atomic mass is 9.98. The number of aliphatic carboxylic acids is 1. The highest BCUT2D eigenvalue weighted by atomic mass is 16.7. The molecule has 0 spiro atoms. The van der Waals surface area contributed by atoms with Crippen LogP contribution in [0.1, 0.15) is 226 Å². The van der Waals surface area contributed by atoms with Gasteiger partial charge in [-0.3, -0.25) is 14.4 Å². The third-order valence-corrected chi connectivity index (χ3v) is 13.2. The average molecular weight is 1130 g/mol. The van der Waals surface area contributed by atoms with Crippen LogP contribution in [0.25, 0.3) is 0 Å². The summed E-state index contributed by atoms with van der Waals surface area (Å²) >= 11 is 0. The van der Waals surface area contributed by atoms with Gasteiger partial charge >= 0.3 is 23.9 Å². The molecule has 0 radical (unpaired) electrons. The SMILES string of the molecule is CC/C=C\C/C=C\C/C=C\C/C=C\C/C=C\C/C=C\CCC(=O)OCC(COC1OC(C(=O)O)C(O)C(O)C1OC(=O)CCCCCCCCCCC/C=C\C/C=C\CCCCC)OC(=O)CCCCC/C=C\C/C=C\C/C=C\CC. The molecule has 6 atom stereocenters. The van der Waals surface area contributed by atoms with Gasteiger partial charge in [-0.25, -0.2) is 4.79 Å².